The zero-order chi connectivity index (χ0) is 25.6. The second-order valence-electron chi connectivity index (χ2n) is 9.06. The molecule has 2 amide bonds. The van der Waals surface area contributed by atoms with Crippen molar-refractivity contribution in [1.29, 1.82) is 0 Å². The lowest BCUT2D eigenvalue weighted by Gasteiger charge is -2.15. The molecule has 2 aromatic carbocycles. The summed E-state index contributed by atoms with van der Waals surface area (Å²) in [7, 11) is 0. The first-order valence-corrected chi connectivity index (χ1v) is 12.6. The number of unbranched alkanes of at least 4 members (excludes halogenated alkanes) is 2. The maximum Gasteiger partial charge on any atom is 0.238 e. The summed E-state index contributed by atoms with van der Waals surface area (Å²) in [5, 5.41) is 12.4. The van der Waals surface area contributed by atoms with Crippen molar-refractivity contribution in [3.05, 3.63) is 52.6 Å². The molecule has 0 aliphatic carbocycles. The molecule has 0 saturated carbocycles. The van der Waals surface area contributed by atoms with E-state index in [2.05, 4.69) is 28.2 Å². The number of para-hydroxylation sites is 1. The highest BCUT2D eigenvalue weighted by Gasteiger charge is 2.10. The first-order valence-electron chi connectivity index (χ1n) is 12.6. The van der Waals surface area contributed by atoms with Crippen LogP contribution < -0.4 is 26.0 Å². The Bertz CT molecular complexity index is 931. The Hall–Kier alpha value is -2.90. The number of benzene rings is 2. The maximum atomic E-state index is 12.4. The molecule has 0 saturated heterocycles. The van der Waals surface area contributed by atoms with Crippen LogP contribution in [-0.4, -0.2) is 44.6 Å². The molecule has 35 heavy (non-hydrogen) atoms. The molecule has 0 bridgehead atoms. The molecule has 0 unspecified atom stereocenters. The molecular formula is C28H42N4O3. The third-order valence-corrected chi connectivity index (χ3v) is 5.81. The van der Waals surface area contributed by atoms with E-state index in [0.29, 0.717) is 6.61 Å². The van der Waals surface area contributed by atoms with Crippen molar-refractivity contribution in [2.75, 3.05) is 43.4 Å². The van der Waals surface area contributed by atoms with Gasteiger partial charge in [0.2, 0.25) is 11.8 Å². The van der Waals surface area contributed by atoms with Gasteiger partial charge in [-0.3, -0.25) is 9.59 Å². The summed E-state index contributed by atoms with van der Waals surface area (Å²) in [6.45, 7) is 12.8. The summed E-state index contributed by atoms with van der Waals surface area (Å²) in [5.41, 5.74) is 5.86. The summed E-state index contributed by atoms with van der Waals surface area (Å²) in [5.74, 6) is 0.751. The highest BCUT2D eigenvalue weighted by molar-refractivity contribution is 5.94. The number of hydrogen-bond donors (Lipinski definition) is 4. The number of ether oxygens (including phenoxy) is 1. The van der Waals surface area contributed by atoms with Crippen LogP contribution in [0.15, 0.2) is 30.3 Å². The molecule has 0 heterocycles. The topological polar surface area (TPSA) is 91.5 Å². The van der Waals surface area contributed by atoms with Gasteiger partial charge in [0.25, 0.3) is 0 Å². The number of anilines is 2. The Labute approximate surface area is 210 Å². The highest BCUT2D eigenvalue weighted by atomic mass is 16.5. The zero-order valence-electron chi connectivity index (χ0n) is 22.0. The summed E-state index contributed by atoms with van der Waals surface area (Å²) < 4.78 is 5.78. The first kappa shape index (κ1) is 28.3. The molecule has 0 aromatic heterocycles. The average Bonchev–Trinajstić information content (AvgIpc) is 2.81. The largest absolute Gasteiger partial charge is 0.494 e. The van der Waals surface area contributed by atoms with Gasteiger partial charge < -0.3 is 26.0 Å². The number of nitrogens with one attached hydrogen (secondary N) is 4. The highest BCUT2D eigenvalue weighted by Crippen LogP contribution is 2.26. The minimum Gasteiger partial charge on any atom is -0.494 e. The smallest absolute Gasteiger partial charge is 0.238 e. The van der Waals surface area contributed by atoms with Gasteiger partial charge in [-0.15, -0.1) is 0 Å². The fourth-order valence-corrected chi connectivity index (χ4v) is 3.82. The Balaban J connectivity index is 1.58. The molecular weight excluding hydrogens is 440 g/mol. The minimum absolute atomic E-state index is 0.0386. The van der Waals surface area contributed by atoms with Gasteiger partial charge in [-0.1, -0.05) is 31.5 Å². The van der Waals surface area contributed by atoms with Crippen LogP contribution in [-0.2, 0) is 9.59 Å². The van der Waals surface area contributed by atoms with Gasteiger partial charge in [0.05, 0.1) is 19.7 Å². The van der Waals surface area contributed by atoms with Crippen LogP contribution >= 0.6 is 0 Å². The molecule has 2 aromatic rings. The van der Waals surface area contributed by atoms with Crippen LogP contribution in [0.4, 0.5) is 11.4 Å². The lowest BCUT2D eigenvalue weighted by Crippen LogP contribution is -2.31. The number of aryl methyl sites for hydroxylation is 4. The summed E-state index contributed by atoms with van der Waals surface area (Å²) in [6, 6.07) is 9.92. The summed E-state index contributed by atoms with van der Waals surface area (Å²) in [4.78, 5) is 24.5. The predicted molar refractivity (Wildman–Crippen MR) is 144 cm³/mol. The molecule has 7 nitrogen and oxygen atoms in total. The van der Waals surface area contributed by atoms with E-state index in [0.717, 1.165) is 78.2 Å². The molecule has 0 radical (unpaired) electrons. The predicted octanol–water partition coefficient (Wildman–Crippen LogP) is 4.64. The molecule has 0 aliphatic rings. The second-order valence-corrected chi connectivity index (χ2v) is 9.06. The second kappa shape index (κ2) is 15.2. The van der Waals surface area contributed by atoms with Crippen molar-refractivity contribution in [1.82, 2.24) is 10.6 Å². The quantitative estimate of drug-likeness (QED) is 0.278. The SMILES string of the molecule is CCCCOc1cc(C)c(NC(=O)CNCCCCNCC(=O)Nc2c(C)cccc2C)c(C)c1. The van der Waals surface area contributed by atoms with Crippen LogP contribution in [0.25, 0.3) is 0 Å². The van der Waals surface area contributed by atoms with E-state index in [1.54, 1.807) is 0 Å². The Morgan fingerprint density at radius 1 is 0.743 bits per heavy atom. The number of carbonyl (C=O) groups is 2. The van der Waals surface area contributed by atoms with Gasteiger partial charge in [-0.2, -0.15) is 0 Å². The molecule has 4 N–H and O–H groups in total. The van der Waals surface area contributed by atoms with E-state index in [9.17, 15) is 9.59 Å². The summed E-state index contributed by atoms with van der Waals surface area (Å²) >= 11 is 0. The van der Waals surface area contributed by atoms with Crippen molar-refractivity contribution >= 4 is 23.2 Å². The van der Waals surface area contributed by atoms with Gasteiger partial charge in [0.15, 0.2) is 0 Å². The fraction of sp³-hybridized carbons (Fsp3) is 0.500. The lowest BCUT2D eigenvalue weighted by molar-refractivity contribution is -0.116. The number of carbonyl (C=O) groups excluding carboxylic acids is 2. The standard InChI is InChI=1S/C28H42N4O3/c1-6-7-15-35-24-16-22(4)28(23(5)17-24)32-26(34)19-30-14-9-8-13-29-18-25(33)31-27-20(2)11-10-12-21(27)3/h10-12,16-17,29-30H,6-9,13-15,18-19H2,1-5H3,(H,31,33)(H,32,34). The van der Waals surface area contributed by atoms with Crippen LogP contribution in [0.2, 0.25) is 0 Å². The normalized spacial score (nSPS) is 10.8. The van der Waals surface area contributed by atoms with Gasteiger partial charge >= 0.3 is 0 Å². The molecule has 192 valence electrons. The molecule has 0 atom stereocenters. The van der Waals surface area contributed by atoms with Crippen LogP contribution in [0, 0.1) is 27.7 Å². The van der Waals surface area contributed by atoms with E-state index in [1.165, 1.54) is 0 Å². The van der Waals surface area contributed by atoms with Crippen molar-refractivity contribution in [3.63, 3.8) is 0 Å². The van der Waals surface area contributed by atoms with Crippen molar-refractivity contribution in [2.24, 2.45) is 0 Å². The van der Waals surface area contributed by atoms with Crippen LogP contribution in [0.3, 0.4) is 0 Å². The average molecular weight is 483 g/mol. The molecule has 2 rings (SSSR count). The van der Waals surface area contributed by atoms with Crippen LogP contribution in [0.1, 0.15) is 54.9 Å². The molecule has 0 aliphatic heterocycles. The fourth-order valence-electron chi connectivity index (χ4n) is 3.82. The van der Waals surface area contributed by atoms with E-state index >= 15 is 0 Å². The van der Waals surface area contributed by atoms with Gasteiger partial charge in [0, 0.05) is 11.4 Å². The Morgan fingerprint density at radius 2 is 1.23 bits per heavy atom. The zero-order valence-corrected chi connectivity index (χ0v) is 22.0. The number of hydrogen-bond acceptors (Lipinski definition) is 5. The molecule has 0 fully saturated rings. The molecule has 7 heteroatoms. The monoisotopic (exact) mass is 482 g/mol. The Morgan fingerprint density at radius 3 is 1.71 bits per heavy atom. The third kappa shape index (κ3) is 10.1. The van der Waals surface area contributed by atoms with E-state index in [4.69, 9.17) is 4.74 Å². The minimum atomic E-state index is -0.0582. The number of amides is 2. The van der Waals surface area contributed by atoms with Crippen LogP contribution in [0.5, 0.6) is 5.75 Å². The van der Waals surface area contributed by atoms with E-state index in [1.807, 2.05) is 58.0 Å². The maximum absolute atomic E-state index is 12.4. The van der Waals surface area contributed by atoms with Gasteiger partial charge in [-0.25, -0.2) is 0 Å². The van der Waals surface area contributed by atoms with Crippen molar-refractivity contribution in [2.45, 2.75) is 60.3 Å². The van der Waals surface area contributed by atoms with Crippen molar-refractivity contribution < 1.29 is 14.3 Å². The third-order valence-electron chi connectivity index (χ3n) is 5.81. The Kier molecular flexibility index (Phi) is 12.3. The van der Waals surface area contributed by atoms with E-state index in [-0.39, 0.29) is 24.9 Å². The lowest BCUT2D eigenvalue weighted by atomic mass is 10.1. The molecule has 0 spiro atoms. The summed E-state index contributed by atoms with van der Waals surface area (Å²) in [6.07, 6.45) is 3.96. The van der Waals surface area contributed by atoms with E-state index < -0.39 is 0 Å². The number of rotatable bonds is 15. The first-order chi connectivity index (χ1) is 16.8. The van der Waals surface area contributed by atoms with Gasteiger partial charge in [-0.05, 0) is 94.4 Å². The van der Waals surface area contributed by atoms with Gasteiger partial charge in [0.1, 0.15) is 5.75 Å². The van der Waals surface area contributed by atoms with Crippen molar-refractivity contribution in [3.8, 4) is 5.75 Å².